The highest BCUT2D eigenvalue weighted by Gasteiger charge is 2.14. The summed E-state index contributed by atoms with van der Waals surface area (Å²) >= 11 is 3.38. The van der Waals surface area contributed by atoms with Crippen molar-refractivity contribution in [3.05, 3.63) is 52.8 Å². The molecule has 3 N–H and O–H groups in total. The summed E-state index contributed by atoms with van der Waals surface area (Å²) in [6.45, 7) is -0.205. The summed E-state index contributed by atoms with van der Waals surface area (Å²) in [4.78, 5) is 15.2. The smallest absolute Gasteiger partial charge is 0.409 e. The molecule has 112 valence electrons. The third-order valence-corrected chi connectivity index (χ3v) is 3.76. The molecule has 0 atom stereocenters. The number of nitrogens with zero attached hydrogens (tertiary/aromatic N) is 2. The average Bonchev–Trinajstić information content (AvgIpc) is 2.85. The van der Waals surface area contributed by atoms with Gasteiger partial charge in [-0.1, -0.05) is 28.1 Å². The largest absolute Gasteiger partial charge is 0.465 e. The lowest BCUT2D eigenvalue weighted by Gasteiger charge is -2.04. The van der Waals surface area contributed by atoms with Gasteiger partial charge >= 0.3 is 6.09 Å². The maximum absolute atomic E-state index is 10.7. The molecular weight excluding hydrogens is 350 g/mol. The summed E-state index contributed by atoms with van der Waals surface area (Å²) in [5.41, 5.74) is 3.20. The normalized spacial score (nSPS) is 10.8. The summed E-state index contributed by atoms with van der Waals surface area (Å²) in [6.07, 6.45) is 0.461. The molecule has 1 aromatic carbocycles. The molecule has 0 fully saturated rings. The predicted octanol–water partition coefficient (Wildman–Crippen LogP) is 3.35. The summed E-state index contributed by atoms with van der Waals surface area (Å²) in [7, 11) is 0. The number of carboxylic acid groups (broad SMARTS) is 1. The number of nitrogens with one attached hydrogen (secondary N) is 1. The van der Waals surface area contributed by atoms with E-state index in [2.05, 4.69) is 26.2 Å². The van der Waals surface area contributed by atoms with E-state index in [0.717, 1.165) is 10.0 Å². The predicted molar refractivity (Wildman–Crippen MR) is 85.9 cm³/mol. The van der Waals surface area contributed by atoms with E-state index >= 15 is 0 Å². The van der Waals surface area contributed by atoms with Crippen molar-refractivity contribution in [3.8, 4) is 11.3 Å². The lowest BCUT2D eigenvalue weighted by Crippen LogP contribution is -2.08. The van der Waals surface area contributed by atoms with Crippen molar-refractivity contribution in [1.82, 2.24) is 9.38 Å². The number of aliphatic hydroxyl groups excluding tert-OH is 1. The molecule has 0 bridgehead atoms. The maximum Gasteiger partial charge on any atom is 0.409 e. The Hall–Kier alpha value is -2.38. The number of imidazole rings is 1. The van der Waals surface area contributed by atoms with E-state index < -0.39 is 6.09 Å². The van der Waals surface area contributed by atoms with Crippen LogP contribution in [0.3, 0.4) is 0 Å². The van der Waals surface area contributed by atoms with Crippen LogP contribution in [-0.4, -0.2) is 25.7 Å². The van der Waals surface area contributed by atoms with E-state index in [1.165, 1.54) is 0 Å². The zero-order valence-corrected chi connectivity index (χ0v) is 12.9. The first kappa shape index (κ1) is 14.6. The number of aromatic nitrogens is 2. The van der Waals surface area contributed by atoms with Gasteiger partial charge in [0.25, 0.3) is 0 Å². The average molecular weight is 362 g/mol. The quantitative estimate of drug-likeness (QED) is 0.667. The number of hydrogen-bond acceptors (Lipinski definition) is 3. The van der Waals surface area contributed by atoms with Gasteiger partial charge in [-0.2, -0.15) is 0 Å². The van der Waals surface area contributed by atoms with Crippen LogP contribution in [0.15, 0.2) is 47.1 Å². The molecule has 3 rings (SSSR count). The molecule has 22 heavy (non-hydrogen) atoms. The number of benzene rings is 1. The Morgan fingerprint density at radius 3 is 2.59 bits per heavy atom. The first-order chi connectivity index (χ1) is 10.6. The Morgan fingerprint density at radius 2 is 1.95 bits per heavy atom. The lowest BCUT2D eigenvalue weighted by atomic mass is 10.1. The minimum atomic E-state index is -1.14. The van der Waals surface area contributed by atoms with Crippen molar-refractivity contribution < 1.29 is 15.0 Å². The molecule has 0 radical (unpaired) electrons. The van der Waals surface area contributed by atoms with Crippen molar-refractivity contribution in [1.29, 1.82) is 0 Å². The molecule has 0 aliphatic rings. The zero-order valence-electron chi connectivity index (χ0n) is 11.3. The molecule has 3 aromatic rings. The molecule has 0 aliphatic heterocycles. The number of pyridine rings is 1. The number of halogens is 1. The molecule has 0 aliphatic carbocycles. The topological polar surface area (TPSA) is 86.9 Å². The van der Waals surface area contributed by atoms with E-state index in [-0.39, 0.29) is 6.61 Å². The fourth-order valence-electron chi connectivity index (χ4n) is 2.28. The Bertz CT molecular complexity index is 843. The highest BCUT2D eigenvalue weighted by atomic mass is 79.9. The molecule has 0 spiro atoms. The second-order valence-electron chi connectivity index (χ2n) is 4.65. The zero-order chi connectivity index (χ0) is 15.7. The van der Waals surface area contributed by atoms with Gasteiger partial charge in [0.2, 0.25) is 0 Å². The summed E-state index contributed by atoms with van der Waals surface area (Å²) in [5, 5.41) is 20.8. The van der Waals surface area contributed by atoms with E-state index in [0.29, 0.717) is 22.7 Å². The van der Waals surface area contributed by atoms with E-state index in [1.807, 2.05) is 24.3 Å². The van der Waals surface area contributed by atoms with Crippen LogP contribution in [0.2, 0.25) is 0 Å². The van der Waals surface area contributed by atoms with E-state index in [4.69, 9.17) is 5.11 Å². The SMILES string of the molecule is O=C(O)Nc1ccc2nc(-c3ccc(Br)cc3)c(CO)n2c1. The van der Waals surface area contributed by atoms with Crippen molar-refractivity contribution in [3.63, 3.8) is 0 Å². The van der Waals surface area contributed by atoms with Crippen LogP contribution in [0.4, 0.5) is 10.5 Å². The van der Waals surface area contributed by atoms with Gasteiger partial charge in [0, 0.05) is 16.2 Å². The maximum atomic E-state index is 10.7. The third-order valence-electron chi connectivity index (χ3n) is 3.24. The number of aliphatic hydroxyl groups is 1. The molecule has 7 heteroatoms. The molecule has 6 nitrogen and oxygen atoms in total. The Labute approximate surface area is 134 Å². The van der Waals surface area contributed by atoms with Crippen molar-refractivity contribution >= 4 is 33.4 Å². The molecule has 0 saturated carbocycles. The van der Waals surface area contributed by atoms with Gasteiger partial charge in [0.05, 0.1) is 23.7 Å². The van der Waals surface area contributed by atoms with Crippen LogP contribution in [0.5, 0.6) is 0 Å². The summed E-state index contributed by atoms with van der Waals surface area (Å²) < 4.78 is 2.64. The Morgan fingerprint density at radius 1 is 1.23 bits per heavy atom. The first-order valence-electron chi connectivity index (χ1n) is 6.46. The van der Waals surface area contributed by atoms with E-state index in [9.17, 15) is 9.90 Å². The highest BCUT2D eigenvalue weighted by molar-refractivity contribution is 9.10. The highest BCUT2D eigenvalue weighted by Crippen LogP contribution is 2.27. The second-order valence-corrected chi connectivity index (χ2v) is 5.56. The van der Waals surface area contributed by atoms with Crippen LogP contribution in [0.1, 0.15) is 5.69 Å². The third kappa shape index (κ3) is 2.68. The van der Waals surface area contributed by atoms with Crippen LogP contribution in [-0.2, 0) is 6.61 Å². The van der Waals surface area contributed by atoms with Gasteiger partial charge in [-0.25, -0.2) is 9.78 Å². The molecule has 2 heterocycles. The Kier molecular flexibility index (Phi) is 3.82. The standard InChI is InChI=1S/C15H12BrN3O3/c16-10-3-1-9(2-4-10)14-12(8-20)19-7-11(17-15(21)22)5-6-13(19)18-14/h1-7,17,20H,8H2,(H,21,22). The molecule has 0 saturated heterocycles. The molecule has 1 amide bonds. The fraction of sp³-hybridized carbons (Fsp3) is 0.0667. The molecule has 0 unspecified atom stereocenters. The van der Waals surface area contributed by atoms with Crippen LogP contribution < -0.4 is 5.32 Å². The lowest BCUT2D eigenvalue weighted by molar-refractivity contribution is 0.209. The van der Waals surface area contributed by atoms with Crippen molar-refractivity contribution in [2.24, 2.45) is 0 Å². The van der Waals surface area contributed by atoms with Crippen LogP contribution >= 0.6 is 15.9 Å². The number of anilines is 1. The van der Waals surface area contributed by atoms with Crippen LogP contribution in [0, 0.1) is 0 Å². The second kappa shape index (κ2) is 5.78. The minimum absolute atomic E-state index is 0.205. The van der Waals surface area contributed by atoms with Crippen molar-refractivity contribution in [2.75, 3.05) is 5.32 Å². The number of amides is 1. The van der Waals surface area contributed by atoms with E-state index in [1.54, 1.807) is 22.7 Å². The molecule has 2 aromatic heterocycles. The number of fused-ring (bicyclic) bond motifs is 1. The van der Waals surface area contributed by atoms with Gasteiger partial charge in [0.15, 0.2) is 0 Å². The minimum Gasteiger partial charge on any atom is -0.465 e. The van der Waals surface area contributed by atoms with Gasteiger partial charge in [0.1, 0.15) is 5.65 Å². The number of carbonyl (C=O) groups is 1. The van der Waals surface area contributed by atoms with Gasteiger partial charge in [-0.05, 0) is 24.3 Å². The summed E-state index contributed by atoms with van der Waals surface area (Å²) in [5.74, 6) is 0. The van der Waals surface area contributed by atoms with Gasteiger partial charge < -0.3 is 10.2 Å². The number of rotatable bonds is 3. The Balaban J connectivity index is 2.15. The summed E-state index contributed by atoms with van der Waals surface area (Å²) in [6, 6.07) is 10.9. The fourth-order valence-corrected chi connectivity index (χ4v) is 2.55. The monoisotopic (exact) mass is 361 g/mol. The van der Waals surface area contributed by atoms with Gasteiger partial charge in [-0.15, -0.1) is 0 Å². The van der Waals surface area contributed by atoms with Crippen molar-refractivity contribution in [2.45, 2.75) is 6.61 Å². The first-order valence-corrected chi connectivity index (χ1v) is 7.25. The van der Waals surface area contributed by atoms with Gasteiger partial charge in [-0.3, -0.25) is 9.72 Å². The number of hydrogen-bond donors (Lipinski definition) is 3. The van der Waals surface area contributed by atoms with Crippen LogP contribution in [0.25, 0.3) is 16.9 Å². The molecular formula is C15H12BrN3O3.